The first-order valence-corrected chi connectivity index (χ1v) is 10.7. The van der Waals surface area contributed by atoms with E-state index in [0.29, 0.717) is 12.2 Å². The third kappa shape index (κ3) is 5.20. The molecule has 1 heterocycles. The summed E-state index contributed by atoms with van der Waals surface area (Å²) in [5.41, 5.74) is -1.30. The second kappa shape index (κ2) is 11.2. The maximum absolute atomic E-state index is 13.4. The molecule has 12 nitrogen and oxygen atoms in total. The number of rotatable bonds is 6. The van der Waals surface area contributed by atoms with E-state index in [9.17, 15) is 34.8 Å². The van der Waals surface area contributed by atoms with Gasteiger partial charge in [0.2, 0.25) is 5.43 Å². The molecule has 0 radical (unpaired) electrons. The highest BCUT2D eigenvalue weighted by atomic mass is 16.6. The van der Waals surface area contributed by atoms with Gasteiger partial charge in [0.25, 0.3) is 0 Å². The minimum atomic E-state index is -1.09. The zero-order valence-corrected chi connectivity index (χ0v) is 19.3. The van der Waals surface area contributed by atoms with Gasteiger partial charge in [-0.15, -0.1) is 0 Å². The predicted octanol–water partition coefficient (Wildman–Crippen LogP) is 2.05. The summed E-state index contributed by atoms with van der Waals surface area (Å²) in [5, 5.41) is 39.5. The van der Waals surface area contributed by atoms with Crippen molar-refractivity contribution < 1.29 is 53.5 Å². The molecule has 0 atom stereocenters. The number of aromatic hydroxyl groups is 4. The molecule has 37 heavy (non-hydrogen) atoms. The molecule has 0 bridgehead atoms. The van der Waals surface area contributed by atoms with Crippen LogP contribution in [0.2, 0.25) is 0 Å². The average molecular weight is 512 g/mol. The van der Waals surface area contributed by atoms with Crippen LogP contribution < -0.4 is 5.43 Å². The SMILES string of the molecule is CCOCCOC(=O)c1c(O)c(O)cc2occ(C3=CCc4cc(O)c(O)cc4C3=O)c(=O)c12.O=C=O. The quantitative estimate of drug-likeness (QED) is 0.213. The number of allylic oxidation sites excluding steroid dienone is 2. The van der Waals surface area contributed by atoms with Gasteiger partial charge in [0.1, 0.15) is 24.0 Å². The smallest absolute Gasteiger partial charge is 0.373 e. The maximum Gasteiger partial charge on any atom is 0.373 e. The number of hydrogen-bond donors (Lipinski definition) is 4. The number of carbonyl (C=O) groups excluding carboxylic acids is 4. The average Bonchev–Trinajstić information content (AvgIpc) is 2.86. The lowest BCUT2D eigenvalue weighted by atomic mass is 9.86. The van der Waals surface area contributed by atoms with Gasteiger partial charge in [-0.25, -0.2) is 4.79 Å². The molecule has 0 spiro atoms. The Bertz CT molecular complexity index is 1510. The number of phenolic OH excluding ortho intramolecular Hbond substituents is 4. The number of hydrogen-bond acceptors (Lipinski definition) is 12. The molecule has 0 saturated carbocycles. The molecule has 0 amide bonds. The molecule has 0 fully saturated rings. The van der Waals surface area contributed by atoms with E-state index in [4.69, 9.17) is 23.5 Å². The molecule has 4 rings (SSSR count). The van der Waals surface area contributed by atoms with Crippen LogP contribution in [0.4, 0.5) is 0 Å². The van der Waals surface area contributed by atoms with Crippen LogP contribution in [0, 0.1) is 0 Å². The number of carbonyl (C=O) groups is 2. The van der Waals surface area contributed by atoms with E-state index in [2.05, 4.69) is 0 Å². The van der Waals surface area contributed by atoms with Crippen molar-refractivity contribution in [1.82, 2.24) is 0 Å². The van der Waals surface area contributed by atoms with Crippen molar-refractivity contribution >= 4 is 34.4 Å². The van der Waals surface area contributed by atoms with Crippen molar-refractivity contribution in [3.8, 4) is 23.0 Å². The fourth-order valence-corrected chi connectivity index (χ4v) is 3.74. The zero-order valence-electron chi connectivity index (χ0n) is 19.3. The number of fused-ring (bicyclic) bond motifs is 2. The molecular weight excluding hydrogens is 492 g/mol. The summed E-state index contributed by atoms with van der Waals surface area (Å²) >= 11 is 0. The Balaban J connectivity index is 0.00000121. The third-order valence-corrected chi connectivity index (χ3v) is 5.39. The molecule has 3 aromatic rings. The minimum absolute atomic E-state index is 0.0449. The summed E-state index contributed by atoms with van der Waals surface area (Å²) < 4.78 is 15.6. The number of phenols is 4. The van der Waals surface area contributed by atoms with Gasteiger partial charge in [0.05, 0.1) is 17.6 Å². The molecule has 0 aliphatic heterocycles. The fraction of sp³-hybridized carbons (Fsp3) is 0.200. The molecule has 2 aromatic carbocycles. The lowest BCUT2D eigenvalue weighted by molar-refractivity contribution is -0.191. The van der Waals surface area contributed by atoms with Crippen LogP contribution in [-0.2, 0) is 25.5 Å². The Kier molecular flexibility index (Phi) is 8.08. The van der Waals surface area contributed by atoms with Crippen molar-refractivity contribution in [2.45, 2.75) is 13.3 Å². The van der Waals surface area contributed by atoms with Crippen LogP contribution in [0.1, 0.15) is 38.8 Å². The van der Waals surface area contributed by atoms with Gasteiger partial charge < -0.3 is 34.3 Å². The highest BCUT2D eigenvalue weighted by molar-refractivity contribution is 6.30. The molecule has 1 aromatic heterocycles. The molecule has 0 saturated heterocycles. The van der Waals surface area contributed by atoms with Crippen LogP contribution in [0.5, 0.6) is 23.0 Å². The molecule has 4 N–H and O–H groups in total. The maximum atomic E-state index is 13.4. The summed E-state index contributed by atoms with van der Waals surface area (Å²) in [4.78, 5) is 55.4. The van der Waals surface area contributed by atoms with E-state index < -0.39 is 40.0 Å². The van der Waals surface area contributed by atoms with Crippen molar-refractivity contribution in [1.29, 1.82) is 0 Å². The largest absolute Gasteiger partial charge is 0.504 e. The van der Waals surface area contributed by atoms with E-state index in [0.717, 1.165) is 18.4 Å². The number of esters is 1. The second-order valence-corrected chi connectivity index (χ2v) is 7.54. The molecular formula is C25H20O12. The Hall–Kier alpha value is -4.93. The Labute approximate surface area is 207 Å². The summed E-state index contributed by atoms with van der Waals surface area (Å²) in [7, 11) is 0. The first kappa shape index (κ1) is 26.7. The first-order chi connectivity index (χ1) is 17.7. The lowest BCUT2D eigenvalue weighted by Crippen LogP contribution is -2.20. The highest BCUT2D eigenvalue weighted by Crippen LogP contribution is 2.37. The van der Waals surface area contributed by atoms with Crippen molar-refractivity contribution in [3.63, 3.8) is 0 Å². The van der Waals surface area contributed by atoms with Gasteiger partial charge in [-0.1, -0.05) is 6.08 Å². The van der Waals surface area contributed by atoms with Crippen LogP contribution >= 0.6 is 0 Å². The van der Waals surface area contributed by atoms with Crippen LogP contribution in [0.25, 0.3) is 16.5 Å². The van der Waals surface area contributed by atoms with Crippen molar-refractivity contribution in [3.05, 3.63) is 63.0 Å². The first-order valence-electron chi connectivity index (χ1n) is 10.7. The molecule has 0 unspecified atom stereocenters. The summed E-state index contributed by atoms with van der Waals surface area (Å²) in [6.07, 6.45) is 2.90. The van der Waals surface area contributed by atoms with Crippen LogP contribution in [-0.4, -0.2) is 58.2 Å². The Morgan fingerprint density at radius 1 is 1.00 bits per heavy atom. The number of Topliss-reactive ketones (excluding diaryl/α,β-unsaturated/α-hetero) is 1. The lowest BCUT2D eigenvalue weighted by Gasteiger charge is -2.17. The molecule has 192 valence electrons. The van der Waals surface area contributed by atoms with Gasteiger partial charge in [-0.2, -0.15) is 9.59 Å². The van der Waals surface area contributed by atoms with Crippen LogP contribution in [0.15, 0.2) is 39.7 Å². The molecule has 12 heteroatoms. The summed E-state index contributed by atoms with van der Waals surface area (Å²) in [6.45, 7) is 2.08. The zero-order chi connectivity index (χ0) is 27.3. The van der Waals surface area contributed by atoms with Gasteiger partial charge in [-0.3, -0.25) is 9.59 Å². The number of ether oxygens (including phenoxy) is 2. The van der Waals surface area contributed by atoms with E-state index in [1.165, 1.54) is 12.1 Å². The highest BCUT2D eigenvalue weighted by Gasteiger charge is 2.29. The predicted molar refractivity (Wildman–Crippen MR) is 123 cm³/mol. The van der Waals surface area contributed by atoms with Crippen molar-refractivity contribution in [2.75, 3.05) is 19.8 Å². The Morgan fingerprint density at radius 3 is 2.35 bits per heavy atom. The normalized spacial score (nSPS) is 12.1. The molecule has 1 aliphatic carbocycles. The van der Waals surface area contributed by atoms with Gasteiger partial charge >= 0.3 is 12.1 Å². The fourth-order valence-electron chi connectivity index (χ4n) is 3.74. The number of ketones is 1. The Morgan fingerprint density at radius 2 is 1.68 bits per heavy atom. The topological polar surface area (TPSA) is 198 Å². The van der Waals surface area contributed by atoms with Crippen LogP contribution in [0.3, 0.4) is 0 Å². The monoisotopic (exact) mass is 512 g/mol. The standard InChI is InChI=1S/C24H20O10.CO2/c1-2-32-5-6-33-24(31)20-19-18(9-17(27)23(20)30)34-10-14(22(19)29)12-4-3-11-7-15(25)16(26)8-13(11)21(12)28;2-1-3/h4,7-10,25-27,30H,2-3,5-6H2,1H3;. The third-order valence-electron chi connectivity index (χ3n) is 5.39. The van der Waals surface area contributed by atoms with E-state index in [1.54, 1.807) is 6.92 Å². The molecule has 1 aliphatic rings. The second-order valence-electron chi connectivity index (χ2n) is 7.54. The summed E-state index contributed by atoms with van der Waals surface area (Å²) in [5.74, 6) is -4.12. The van der Waals surface area contributed by atoms with Gasteiger partial charge in [-0.05, 0) is 31.0 Å². The van der Waals surface area contributed by atoms with Crippen molar-refractivity contribution in [2.24, 2.45) is 0 Å². The minimum Gasteiger partial charge on any atom is -0.504 e. The van der Waals surface area contributed by atoms with E-state index in [1.807, 2.05) is 0 Å². The summed E-state index contributed by atoms with van der Waals surface area (Å²) in [6, 6.07) is 3.34. The van der Waals surface area contributed by atoms with Gasteiger partial charge in [0.15, 0.2) is 28.8 Å². The van der Waals surface area contributed by atoms with E-state index >= 15 is 0 Å². The van der Waals surface area contributed by atoms with Gasteiger partial charge in [0, 0.05) is 23.8 Å². The van der Waals surface area contributed by atoms with E-state index in [-0.39, 0.29) is 59.2 Å². The number of benzene rings is 2.